The second kappa shape index (κ2) is 8.98. The van der Waals surface area contributed by atoms with Crippen LogP contribution in [0.1, 0.15) is 49.2 Å². The fourth-order valence-corrected chi connectivity index (χ4v) is 2.25. The Morgan fingerprint density at radius 3 is 2.44 bits per heavy atom. The molecular formula is C21H24N2O4. The third-order valence-corrected chi connectivity index (χ3v) is 3.70. The van der Waals surface area contributed by atoms with E-state index in [1.807, 2.05) is 12.1 Å². The van der Waals surface area contributed by atoms with E-state index in [0.29, 0.717) is 16.9 Å². The van der Waals surface area contributed by atoms with Gasteiger partial charge < -0.3 is 9.47 Å². The van der Waals surface area contributed by atoms with Crippen LogP contribution in [0.4, 0.5) is 4.79 Å². The van der Waals surface area contributed by atoms with Crippen LogP contribution in [0.25, 0.3) is 0 Å². The Balaban J connectivity index is 2.02. The van der Waals surface area contributed by atoms with Crippen LogP contribution in [-0.2, 0) is 10.2 Å². The predicted octanol–water partition coefficient (Wildman–Crippen LogP) is 4.28. The van der Waals surface area contributed by atoms with Crippen molar-refractivity contribution in [3.8, 4) is 5.75 Å². The lowest BCUT2D eigenvalue weighted by molar-refractivity contribution is 0.0734. The fraction of sp³-hybridized carbons (Fsp3) is 0.286. The summed E-state index contributed by atoms with van der Waals surface area (Å²) in [6.07, 6.45) is 0.807. The quantitative estimate of drug-likeness (QED) is 0.370. The van der Waals surface area contributed by atoms with E-state index in [1.165, 1.54) is 6.21 Å². The van der Waals surface area contributed by atoms with Gasteiger partial charge in [-0.25, -0.2) is 15.0 Å². The summed E-state index contributed by atoms with van der Waals surface area (Å²) in [4.78, 5) is 23.5. The zero-order chi connectivity index (χ0) is 19.9. The Labute approximate surface area is 159 Å². The topological polar surface area (TPSA) is 77.0 Å². The van der Waals surface area contributed by atoms with Crippen LogP contribution in [0.2, 0.25) is 0 Å². The second-order valence-corrected chi connectivity index (χ2v) is 6.88. The minimum absolute atomic E-state index is 0.0215. The molecule has 0 aromatic heterocycles. The van der Waals surface area contributed by atoms with Gasteiger partial charge in [0.15, 0.2) is 0 Å². The number of nitrogens with zero attached hydrogens (tertiary/aromatic N) is 1. The van der Waals surface area contributed by atoms with Gasteiger partial charge in [0.2, 0.25) is 0 Å². The van der Waals surface area contributed by atoms with Gasteiger partial charge in [-0.1, -0.05) is 45.0 Å². The molecule has 0 spiro atoms. The molecule has 1 amide bonds. The Hall–Kier alpha value is -3.15. The summed E-state index contributed by atoms with van der Waals surface area (Å²) in [6, 6.07) is 14.2. The maximum atomic E-state index is 12.3. The average molecular weight is 368 g/mol. The maximum absolute atomic E-state index is 12.3. The number of benzene rings is 2. The van der Waals surface area contributed by atoms with E-state index < -0.39 is 12.1 Å². The lowest BCUT2D eigenvalue weighted by atomic mass is 9.87. The summed E-state index contributed by atoms with van der Waals surface area (Å²) in [5, 5.41) is 3.78. The number of carbonyl (C=O) groups excluding carboxylic acids is 2. The van der Waals surface area contributed by atoms with Crippen LogP contribution in [0, 0.1) is 0 Å². The van der Waals surface area contributed by atoms with E-state index in [1.54, 1.807) is 43.3 Å². The normalized spacial score (nSPS) is 11.3. The largest absolute Gasteiger partial charge is 0.449 e. The molecule has 0 aliphatic heterocycles. The summed E-state index contributed by atoms with van der Waals surface area (Å²) >= 11 is 0. The van der Waals surface area contributed by atoms with Gasteiger partial charge in [-0.2, -0.15) is 5.10 Å². The number of nitrogens with one attached hydrogen (secondary N) is 1. The number of carbonyl (C=O) groups is 2. The number of amides is 1. The van der Waals surface area contributed by atoms with E-state index in [0.717, 1.165) is 5.56 Å². The third-order valence-electron chi connectivity index (χ3n) is 3.70. The predicted molar refractivity (Wildman–Crippen MR) is 104 cm³/mol. The van der Waals surface area contributed by atoms with Gasteiger partial charge in [-0.15, -0.1) is 0 Å². The standard InChI is InChI=1S/C21H24N2O4/c1-5-26-20(25)23-22-14-15-7-6-8-18(13-15)27-19(24)16-9-11-17(12-10-16)21(2,3)4/h6-14H,5H2,1-4H3,(H,23,25)/b22-14-. The number of hydrazone groups is 1. The molecule has 27 heavy (non-hydrogen) atoms. The Morgan fingerprint density at radius 2 is 1.81 bits per heavy atom. The molecule has 0 fully saturated rings. The molecule has 2 aromatic carbocycles. The van der Waals surface area contributed by atoms with Gasteiger partial charge in [0, 0.05) is 0 Å². The molecule has 6 heteroatoms. The molecule has 0 saturated heterocycles. The zero-order valence-corrected chi connectivity index (χ0v) is 16.0. The van der Waals surface area contributed by atoms with Crippen LogP contribution >= 0.6 is 0 Å². The first-order valence-electron chi connectivity index (χ1n) is 8.68. The van der Waals surface area contributed by atoms with Crippen molar-refractivity contribution in [1.29, 1.82) is 0 Å². The Morgan fingerprint density at radius 1 is 1.11 bits per heavy atom. The van der Waals surface area contributed by atoms with Crippen LogP contribution in [0.15, 0.2) is 53.6 Å². The van der Waals surface area contributed by atoms with E-state index in [9.17, 15) is 9.59 Å². The second-order valence-electron chi connectivity index (χ2n) is 6.88. The molecule has 1 N–H and O–H groups in total. The van der Waals surface area contributed by atoms with Crippen molar-refractivity contribution in [2.75, 3.05) is 6.61 Å². The van der Waals surface area contributed by atoms with Gasteiger partial charge >= 0.3 is 12.1 Å². The number of rotatable bonds is 5. The highest BCUT2D eigenvalue weighted by Gasteiger charge is 2.15. The van der Waals surface area contributed by atoms with Crippen molar-refractivity contribution in [3.63, 3.8) is 0 Å². The summed E-state index contributed by atoms with van der Waals surface area (Å²) in [5.74, 6) is -0.0471. The van der Waals surface area contributed by atoms with Crippen LogP contribution in [0.3, 0.4) is 0 Å². The zero-order valence-electron chi connectivity index (χ0n) is 16.0. The minimum atomic E-state index is -0.630. The fourth-order valence-electron chi connectivity index (χ4n) is 2.25. The number of ether oxygens (including phenoxy) is 2. The van der Waals surface area contributed by atoms with Crippen molar-refractivity contribution in [3.05, 3.63) is 65.2 Å². The molecule has 2 aromatic rings. The van der Waals surface area contributed by atoms with Gasteiger partial charge in [0.05, 0.1) is 18.4 Å². The molecule has 142 valence electrons. The van der Waals surface area contributed by atoms with Crippen molar-refractivity contribution in [2.24, 2.45) is 5.10 Å². The maximum Gasteiger partial charge on any atom is 0.427 e. The van der Waals surface area contributed by atoms with Gasteiger partial charge in [0.25, 0.3) is 0 Å². The Bertz CT molecular complexity index is 821. The molecule has 2 rings (SSSR count). The molecule has 0 atom stereocenters. The van der Waals surface area contributed by atoms with E-state index in [4.69, 9.17) is 9.47 Å². The molecule has 0 aliphatic carbocycles. The number of hydrogen-bond donors (Lipinski definition) is 1. The average Bonchev–Trinajstić information content (AvgIpc) is 2.61. The highest BCUT2D eigenvalue weighted by atomic mass is 16.6. The van der Waals surface area contributed by atoms with Crippen LogP contribution in [0.5, 0.6) is 5.75 Å². The van der Waals surface area contributed by atoms with Gasteiger partial charge in [-0.3, -0.25) is 0 Å². The highest BCUT2D eigenvalue weighted by Crippen LogP contribution is 2.22. The Kier molecular flexibility index (Phi) is 6.71. The smallest absolute Gasteiger partial charge is 0.427 e. The monoisotopic (exact) mass is 368 g/mol. The molecule has 0 radical (unpaired) electrons. The van der Waals surface area contributed by atoms with Crippen molar-refractivity contribution in [1.82, 2.24) is 5.43 Å². The SMILES string of the molecule is CCOC(=O)N/N=C\c1cccc(OC(=O)c2ccc(C(C)(C)C)cc2)c1. The van der Waals surface area contributed by atoms with Crippen molar-refractivity contribution < 1.29 is 19.1 Å². The number of esters is 1. The molecule has 0 aliphatic rings. The first kappa shape index (κ1) is 20.2. The minimum Gasteiger partial charge on any atom is -0.449 e. The van der Waals surface area contributed by atoms with E-state index in [2.05, 4.69) is 31.3 Å². The first-order valence-corrected chi connectivity index (χ1v) is 8.68. The summed E-state index contributed by atoms with van der Waals surface area (Å²) in [5.41, 5.74) is 4.55. The summed E-state index contributed by atoms with van der Waals surface area (Å²) < 4.78 is 10.1. The van der Waals surface area contributed by atoms with Crippen LogP contribution < -0.4 is 10.2 Å². The molecule has 0 heterocycles. The van der Waals surface area contributed by atoms with Gasteiger partial charge in [0.1, 0.15) is 5.75 Å². The van der Waals surface area contributed by atoms with E-state index >= 15 is 0 Å². The lowest BCUT2D eigenvalue weighted by Gasteiger charge is -2.18. The lowest BCUT2D eigenvalue weighted by Crippen LogP contribution is -2.18. The van der Waals surface area contributed by atoms with Gasteiger partial charge in [-0.05, 0) is 47.7 Å². The molecule has 0 saturated carbocycles. The van der Waals surface area contributed by atoms with E-state index in [-0.39, 0.29) is 12.0 Å². The molecule has 6 nitrogen and oxygen atoms in total. The van der Waals surface area contributed by atoms with Crippen molar-refractivity contribution >= 4 is 18.3 Å². The molecular weight excluding hydrogens is 344 g/mol. The first-order chi connectivity index (χ1) is 12.8. The highest BCUT2D eigenvalue weighted by molar-refractivity contribution is 5.91. The molecule has 0 bridgehead atoms. The van der Waals surface area contributed by atoms with Crippen molar-refractivity contribution in [2.45, 2.75) is 33.1 Å². The number of hydrogen-bond acceptors (Lipinski definition) is 5. The van der Waals surface area contributed by atoms with Crippen LogP contribution in [-0.4, -0.2) is 24.9 Å². The molecule has 0 unspecified atom stereocenters. The summed E-state index contributed by atoms with van der Waals surface area (Å²) in [7, 11) is 0. The summed E-state index contributed by atoms with van der Waals surface area (Å²) in [6.45, 7) is 8.32. The third kappa shape index (κ3) is 6.26.